The molecule has 2 rings (SSSR count). The fourth-order valence-corrected chi connectivity index (χ4v) is 2.09. The molecule has 98 valence electrons. The SMILES string of the molecule is O=[N+]([O-])c1cc(Br)cc(OCc2ccnc(Cl)c2)c1. The summed E-state index contributed by atoms with van der Waals surface area (Å²) in [4.78, 5) is 14.1. The Morgan fingerprint density at radius 3 is 2.84 bits per heavy atom. The first-order chi connectivity index (χ1) is 9.04. The van der Waals surface area contributed by atoms with E-state index in [-0.39, 0.29) is 12.3 Å². The molecule has 1 aromatic heterocycles. The largest absolute Gasteiger partial charge is 0.489 e. The van der Waals surface area contributed by atoms with E-state index >= 15 is 0 Å². The minimum atomic E-state index is -0.471. The van der Waals surface area contributed by atoms with Crippen LogP contribution in [0.25, 0.3) is 0 Å². The van der Waals surface area contributed by atoms with Gasteiger partial charge in [-0.2, -0.15) is 0 Å². The molecule has 0 aliphatic carbocycles. The summed E-state index contributed by atoms with van der Waals surface area (Å²) in [7, 11) is 0. The molecule has 1 aromatic carbocycles. The molecule has 7 heteroatoms. The molecule has 0 unspecified atom stereocenters. The molecule has 5 nitrogen and oxygen atoms in total. The van der Waals surface area contributed by atoms with Crippen LogP contribution in [-0.2, 0) is 6.61 Å². The van der Waals surface area contributed by atoms with Gasteiger partial charge in [0.1, 0.15) is 17.5 Å². The number of hydrogen-bond donors (Lipinski definition) is 0. The van der Waals surface area contributed by atoms with Crippen molar-refractivity contribution in [2.24, 2.45) is 0 Å². The minimum Gasteiger partial charge on any atom is -0.489 e. The maximum atomic E-state index is 10.7. The summed E-state index contributed by atoms with van der Waals surface area (Å²) in [5.74, 6) is 0.411. The first-order valence-corrected chi connectivity index (χ1v) is 6.40. The average molecular weight is 344 g/mol. The molecule has 0 aliphatic rings. The molecule has 0 atom stereocenters. The fraction of sp³-hybridized carbons (Fsp3) is 0.0833. The van der Waals surface area contributed by atoms with Crippen molar-refractivity contribution >= 4 is 33.2 Å². The molecule has 2 aromatic rings. The van der Waals surface area contributed by atoms with Crippen LogP contribution in [0, 0.1) is 10.1 Å². The summed E-state index contributed by atoms with van der Waals surface area (Å²) in [6.07, 6.45) is 1.57. The number of rotatable bonds is 4. The van der Waals surface area contributed by atoms with Gasteiger partial charge in [-0.1, -0.05) is 27.5 Å². The second-order valence-electron chi connectivity index (χ2n) is 3.68. The molecule has 0 N–H and O–H groups in total. The second-order valence-corrected chi connectivity index (χ2v) is 4.98. The van der Waals surface area contributed by atoms with E-state index in [0.29, 0.717) is 15.4 Å². The summed E-state index contributed by atoms with van der Waals surface area (Å²) < 4.78 is 6.09. The average Bonchev–Trinajstić information content (AvgIpc) is 2.36. The Balaban J connectivity index is 2.13. The fourth-order valence-electron chi connectivity index (χ4n) is 1.44. The molecule has 0 saturated heterocycles. The number of benzene rings is 1. The maximum Gasteiger partial charge on any atom is 0.274 e. The van der Waals surface area contributed by atoms with E-state index in [2.05, 4.69) is 20.9 Å². The second kappa shape index (κ2) is 5.99. The van der Waals surface area contributed by atoms with Gasteiger partial charge in [-0.3, -0.25) is 10.1 Å². The summed E-state index contributed by atoms with van der Waals surface area (Å²) in [5.41, 5.74) is 0.805. The number of aromatic nitrogens is 1. The van der Waals surface area contributed by atoms with Crippen LogP contribution < -0.4 is 4.74 Å². The lowest BCUT2D eigenvalue weighted by molar-refractivity contribution is -0.385. The van der Waals surface area contributed by atoms with E-state index in [1.807, 2.05) is 0 Å². The predicted octanol–water partition coefficient (Wildman–Crippen LogP) is 3.98. The molecule has 0 spiro atoms. The Morgan fingerprint density at radius 2 is 2.16 bits per heavy atom. The van der Waals surface area contributed by atoms with Crippen molar-refractivity contribution in [1.29, 1.82) is 0 Å². The predicted molar refractivity (Wildman–Crippen MR) is 74.4 cm³/mol. The monoisotopic (exact) mass is 342 g/mol. The number of hydrogen-bond acceptors (Lipinski definition) is 4. The van der Waals surface area contributed by atoms with Gasteiger partial charge in [-0.25, -0.2) is 4.98 Å². The number of nitro benzene ring substituents is 1. The third kappa shape index (κ3) is 3.90. The minimum absolute atomic E-state index is 0.0304. The summed E-state index contributed by atoms with van der Waals surface area (Å²) in [6.45, 7) is 0.260. The zero-order chi connectivity index (χ0) is 13.8. The van der Waals surface area contributed by atoms with Crippen molar-refractivity contribution in [2.45, 2.75) is 6.61 Å². The smallest absolute Gasteiger partial charge is 0.274 e. The number of nitro groups is 1. The highest BCUT2D eigenvalue weighted by Gasteiger charge is 2.09. The molecule has 0 aliphatic heterocycles. The number of ether oxygens (including phenoxy) is 1. The number of pyridine rings is 1. The molecule has 19 heavy (non-hydrogen) atoms. The maximum absolute atomic E-state index is 10.7. The lowest BCUT2D eigenvalue weighted by atomic mass is 10.3. The van der Waals surface area contributed by atoms with Gasteiger partial charge in [0, 0.05) is 16.7 Å². The summed E-state index contributed by atoms with van der Waals surface area (Å²) >= 11 is 8.96. The number of nitrogens with zero attached hydrogens (tertiary/aromatic N) is 2. The van der Waals surface area contributed by atoms with Gasteiger partial charge in [-0.05, 0) is 23.8 Å². The Morgan fingerprint density at radius 1 is 1.37 bits per heavy atom. The molecular formula is C12H8BrClN2O3. The zero-order valence-electron chi connectivity index (χ0n) is 9.55. The van der Waals surface area contributed by atoms with E-state index in [1.165, 1.54) is 12.1 Å². The van der Waals surface area contributed by atoms with Crippen LogP contribution in [0.4, 0.5) is 5.69 Å². The van der Waals surface area contributed by atoms with Gasteiger partial charge >= 0.3 is 0 Å². The van der Waals surface area contributed by atoms with Crippen LogP contribution in [0.5, 0.6) is 5.75 Å². The standard InChI is InChI=1S/C12H8BrClN2O3/c13-9-4-10(16(17)18)6-11(5-9)19-7-8-1-2-15-12(14)3-8/h1-6H,7H2. The van der Waals surface area contributed by atoms with Crippen LogP contribution in [0.3, 0.4) is 0 Å². The van der Waals surface area contributed by atoms with Crippen LogP contribution in [0.15, 0.2) is 41.0 Å². The lowest BCUT2D eigenvalue weighted by Crippen LogP contribution is -1.97. The van der Waals surface area contributed by atoms with Crippen molar-refractivity contribution in [1.82, 2.24) is 4.98 Å². The van der Waals surface area contributed by atoms with E-state index in [9.17, 15) is 10.1 Å². The van der Waals surface area contributed by atoms with E-state index in [0.717, 1.165) is 5.56 Å². The Labute approximate surface area is 122 Å². The Hall–Kier alpha value is -1.66. The number of halogens is 2. The molecule has 0 amide bonds. The molecule has 0 radical (unpaired) electrons. The molecular weight excluding hydrogens is 336 g/mol. The van der Waals surface area contributed by atoms with Gasteiger partial charge in [0.2, 0.25) is 0 Å². The highest BCUT2D eigenvalue weighted by atomic mass is 79.9. The molecule has 0 bridgehead atoms. The summed E-state index contributed by atoms with van der Waals surface area (Å²) in [6, 6.07) is 7.88. The van der Waals surface area contributed by atoms with Gasteiger partial charge in [0.05, 0.1) is 11.0 Å². The van der Waals surface area contributed by atoms with E-state index in [4.69, 9.17) is 16.3 Å². The quantitative estimate of drug-likeness (QED) is 0.478. The first kappa shape index (κ1) is 13.8. The molecule has 1 heterocycles. The van der Waals surface area contributed by atoms with Crippen molar-refractivity contribution in [3.05, 3.63) is 61.8 Å². The lowest BCUT2D eigenvalue weighted by Gasteiger charge is -2.06. The van der Waals surface area contributed by atoms with E-state index < -0.39 is 4.92 Å². The van der Waals surface area contributed by atoms with Gasteiger partial charge in [-0.15, -0.1) is 0 Å². The first-order valence-electron chi connectivity index (χ1n) is 5.23. The van der Waals surface area contributed by atoms with Gasteiger partial charge < -0.3 is 4.74 Å². The van der Waals surface area contributed by atoms with Crippen molar-refractivity contribution in [3.8, 4) is 5.75 Å². The Kier molecular flexibility index (Phi) is 4.34. The van der Waals surface area contributed by atoms with Crippen LogP contribution in [0.1, 0.15) is 5.56 Å². The van der Waals surface area contributed by atoms with Crippen LogP contribution in [0.2, 0.25) is 5.15 Å². The van der Waals surface area contributed by atoms with Crippen LogP contribution >= 0.6 is 27.5 Å². The van der Waals surface area contributed by atoms with Gasteiger partial charge in [0.25, 0.3) is 5.69 Å². The number of non-ortho nitro benzene ring substituents is 1. The van der Waals surface area contributed by atoms with Crippen molar-refractivity contribution in [2.75, 3.05) is 0 Å². The topological polar surface area (TPSA) is 65.3 Å². The van der Waals surface area contributed by atoms with Gasteiger partial charge in [0.15, 0.2) is 0 Å². The third-order valence-electron chi connectivity index (χ3n) is 2.26. The summed E-state index contributed by atoms with van der Waals surface area (Å²) in [5, 5.41) is 11.1. The molecule has 0 saturated carbocycles. The highest BCUT2D eigenvalue weighted by molar-refractivity contribution is 9.10. The Bertz CT molecular complexity index is 622. The van der Waals surface area contributed by atoms with Crippen LogP contribution in [-0.4, -0.2) is 9.91 Å². The zero-order valence-corrected chi connectivity index (χ0v) is 11.9. The normalized spacial score (nSPS) is 10.2. The molecule has 0 fully saturated rings. The highest BCUT2D eigenvalue weighted by Crippen LogP contribution is 2.26. The van der Waals surface area contributed by atoms with Crippen molar-refractivity contribution < 1.29 is 9.66 Å². The third-order valence-corrected chi connectivity index (χ3v) is 2.93. The van der Waals surface area contributed by atoms with Crippen molar-refractivity contribution in [3.63, 3.8) is 0 Å². The van der Waals surface area contributed by atoms with E-state index in [1.54, 1.807) is 24.4 Å².